The molecule has 0 bridgehead atoms. The summed E-state index contributed by atoms with van der Waals surface area (Å²) in [5, 5.41) is 2.41. The molecule has 0 saturated heterocycles. The van der Waals surface area contributed by atoms with Crippen LogP contribution in [0.25, 0.3) is 0 Å². The summed E-state index contributed by atoms with van der Waals surface area (Å²) in [6.45, 7) is -0.0573. The van der Waals surface area contributed by atoms with Crippen molar-refractivity contribution in [3.8, 4) is 0 Å². The Hall–Kier alpha value is -0.910. The lowest BCUT2D eigenvalue weighted by atomic mass is 10.6. The molecule has 1 aromatic heterocycles. The number of halogens is 2. The number of nitrogens with one attached hydrogen (secondary N) is 1. The van der Waals surface area contributed by atoms with Crippen LogP contribution in [-0.4, -0.2) is 22.4 Å². The third-order valence-electron chi connectivity index (χ3n) is 1.00. The second-order valence-electron chi connectivity index (χ2n) is 1.82. The number of nitrogens with two attached hydrogens (primary N) is 1. The van der Waals surface area contributed by atoms with Gasteiger partial charge in [0.1, 0.15) is 0 Å². The fraction of sp³-hybridized carbons (Fsp3) is 0.167. The van der Waals surface area contributed by atoms with E-state index >= 15 is 0 Å². The SMILES string of the molecule is Cl.Cl.NCC(=O)Nc1ncccn1. The minimum atomic E-state index is -0.295. The molecule has 1 heterocycles. The van der Waals surface area contributed by atoms with Crippen LogP contribution in [0.15, 0.2) is 18.5 Å². The van der Waals surface area contributed by atoms with E-state index in [9.17, 15) is 4.79 Å². The van der Waals surface area contributed by atoms with Crippen LogP contribution in [0.2, 0.25) is 0 Å². The maximum atomic E-state index is 10.7. The standard InChI is InChI=1S/C6H8N4O.2ClH/c7-4-5(11)10-6-8-2-1-3-9-6;;/h1-3H,4,7H2,(H,8,9,10,11);2*1H. The van der Waals surface area contributed by atoms with E-state index in [0.29, 0.717) is 0 Å². The number of anilines is 1. The smallest absolute Gasteiger partial charge is 0.240 e. The summed E-state index contributed by atoms with van der Waals surface area (Å²) in [6, 6.07) is 1.66. The van der Waals surface area contributed by atoms with E-state index in [1.165, 1.54) is 0 Å². The third-order valence-corrected chi connectivity index (χ3v) is 1.00. The van der Waals surface area contributed by atoms with Crippen molar-refractivity contribution in [3.05, 3.63) is 18.5 Å². The maximum Gasteiger partial charge on any atom is 0.240 e. The molecule has 3 N–H and O–H groups in total. The second kappa shape index (κ2) is 7.72. The summed E-state index contributed by atoms with van der Waals surface area (Å²) < 4.78 is 0. The van der Waals surface area contributed by atoms with Gasteiger partial charge >= 0.3 is 0 Å². The van der Waals surface area contributed by atoms with Gasteiger partial charge in [-0.1, -0.05) is 0 Å². The fourth-order valence-electron chi connectivity index (χ4n) is 0.539. The Labute approximate surface area is 88.0 Å². The van der Waals surface area contributed by atoms with Crippen LogP contribution in [0.3, 0.4) is 0 Å². The first kappa shape index (κ1) is 14.6. The Bertz CT molecular complexity index is 244. The molecule has 0 aromatic carbocycles. The first-order valence-electron chi connectivity index (χ1n) is 3.10. The largest absolute Gasteiger partial charge is 0.322 e. The highest BCUT2D eigenvalue weighted by Gasteiger charge is 1.98. The number of aromatic nitrogens is 2. The summed E-state index contributed by atoms with van der Waals surface area (Å²) in [4.78, 5) is 18.2. The van der Waals surface area contributed by atoms with Gasteiger partial charge in [-0.25, -0.2) is 9.97 Å². The number of carbonyl (C=O) groups excluding carboxylic acids is 1. The van der Waals surface area contributed by atoms with Crippen LogP contribution in [0.5, 0.6) is 0 Å². The predicted octanol–water partition coefficient (Wildman–Crippen LogP) is 0.217. The molecule has 1 amide bonds. The van der Waals surface area contributed by atoms with Gasteiger partial charge in [0, 0.05) is 12.4 Å². The highest BCUT2D eigenvalue weighted by molar-refractivity contribution is 5.90. The van der Waals surface area contributed by atoms with E-state index in [0.717, 1.165) is 0 Å². The van der Waals surface area contributed by atoms with Gasteiger partial charge in [-0.2, -0.15) is 0 Å². The molecular formula is C6H10Cl2N4O. The second-order valence-corrected chi connectivity index (χ2v) is 1.82. The van der Waals surface area contributed by atoms with Crippen molar-refractivity contribution in [1.29, 1.82) is 0 Å². The average molecular weight is 225 g/mol. The first-order chi connectivity index (χ1) is 5.33. The van der Waals surface area contributed by atoms with Crippen LogP contribution >= 0.6 is 24.8 Å². The van der Waals surface area contributed by atoms with Crippen molar-refractivity contribution >= 4 is 36.7 Å². The normalized spacial score (nSPS) is 7.77. The average Bonchev–Trinajstić information content (AvgIpc) is 2.06. The molecule has 0 aliphatic heterocycles. The van der Waals surface area contributed by atoms with E-state index in [1.54, 1.807) is 18.5 Å². The number of hydrogen-bond acceptors (Lipinski definition) is 4. The Balaban J connectivity index is 0. The van der Waals surface area contributed by atoms with Crippen molar-refractivity contribution in [2.24, 2.45) is 5.73 Å². The van der Waals surface area contributed by atoms with E-state index in [4.69, 9.17) is 5.73 Å². The van der Waals surface area contributed by atoms with E-state index < -0.39 is 0 Å². The summed E-state index contributed by atoms with van der Waals surface area (Å²) in [5.41, 5.74) is 5.05. The Morgan fingerprint density at radius 1 is 1.38 bits per heavy atom. The number of rotatable bonds is 2. The number of amides is 1. The van der Waals surface area contributed by atoms with E-state index in [1.807, 2.05) is 0 Å². The highest BCUT2D eigenvalue weighted by atomic mass is 35.5. The summed E-state index contributed by atoms with van der Waals surface area (Å²) in [6.07, 6.45) is 3.08. The molecular weight excluding hydrogens is 215 g/mol. The van der Waals surface area contributed by atoms with E-state index in [-0.39, 0.29) is 43.2 Å². The van der Waals surface area contributed by atoms with Crippen molar-refractivity contribution in [1.82, 2.24) is 9.97 Å². The molecule has 0 aliphatic rings. The van der Waals surface area contributed by atoms with Gasteiger partial charge in [-0.3, -0.25) is 10.1 Å². The molecule has 13 heavy (non-hydrogen) atoms. The molecule has 0 unspecified atom stereocenters. The van der Waals surface area contributed by atoms with Gasteiger partial charge in [0.25, 0.3) is 0 Å². The Morgan fingerprint density at radius 3 is 2.38 bits per heavy atom. The molecule has 1 aromatic rings. The molecule has 5 nitrogen and oxygen atoms in total. The number of carbonyl (C=O) groups is 1. The van der Waals surface area contributed by atoms with E-state index in [2.05, 4.69) is 15.3 Å². The van der Waals surface area contributed by atoms with Gasteiger partial charge in [0.15, 0.2) is 0 Å². The zero-order valence-corrected chi connectivity index (χ0v) is 8.27. The minimum absolute atomic E-state index is 0. The lowest BCUT2D eigenvalue weighted by molar-refractivity contribution is -0.114. The lowest BCUT2D eigenvalue weighted by Gasteiger charge is -1.98. The molecule has 74 valence electrons. The number of hydrogen-bond donors (Lipinski definition) is 2. The van der Waals surface area contributed by atoms with Crippen LogP contribution in [-0.2, 0) is 4.79 Å². The monoisotopic (exact) mass is 224 g/mol. The third kappa shape index (κ3) is 5.35. The van der Waals surface area contributed by atoms with Crippen molar-refractivity contribution in [2.75, 3.05) is 11.9 Å². The predicted molar refractivity (Wildman–Crippen MR) is 54.2 cm³/mol. The minimum Gasteiger partial charge on any atom is -0.322 e. The quantitative estimate of drug-likeness (QED) is 0.754. The summed E-state index contributed by atoms with van der Waals surface area (Å²) in [5.74, 6) is -0.0147. The van der Waals surface area contributed by atoms with Crippen molar-refractivity contribution in [2.45, 2.75) is 0 Å². The van der Waals surface area contributed by atoms with Gasteiger partial charge in [0.2, 0.25) is 11.9 Å². The maximum absolute atomic E-state index is 10.7. The lowest BCUT2D eigenvalue weighted by Crippen LogP contribution is -2.22. The zero-order valence-electron chi connectivity index (χ0n) is 6.64. The molecule has 1 rings (SSSR count). The van der Waals surface area contributed by atoms with Crippen molar-refractivity contribution < 1.29 is 4.79 Å². The summed E-state index contributed by atoms with van der Waals surface area (Å²) in [7, 11) is 0. The molecule has 0 aliphatic carbocycles. The first-order valence-corrected chi connectivity index (χ1v) is 3.10. The molecule has 0 atom stereocenters. The molecule has 0 spiro atoms. The van der Waals surface area contributed by atoms with Gasteiger partial charge in [-0.05, 0) is 6.07 Å². The van der Waals surface area contributed by atoms with Gasteiger partial charge in [0.05, 0.1) is 6.54 Å². The van der Waals surface area contributed by atoms with Gasteiger partial charge < -0.3 is 5.73 Å². The van der Waals surface area contributed by atoms with Crippen LogP contribution in [0, 0.1) is 0 Å². The molecule has 7 heteroatoms. The van der Waals surface area contributed by atoms with Crippen LogP contribution in [0.4, 0.5) is 5.95 Å². The zero-order chi connectivity index (χ0) is 8.10. The fourth-order valence-corrected chi connectivity index (χ4v) is 0.539. The van der Waals surface area contributed by atoms with Gasteiger partial charge in [-0.15, -0.1) is 24.8 Å². The molecule has 0 saturated carbocycles. The molecule has 0 radical (unpaired) electrons. The highest BCUT2D eigenvalue weighted by Crippen LogP contribution is 1.91. The topological polar surface area (TPSA) is 80.9 Å². The summed E-state index contributed by atoms with van der Waals surface area (Å²) >= 11 is 0. The van der Waals surface area contributed by atoms with Crippen LogP contribution in [0.1, 0.15) is 0 Å². The van der Waals surface area contributed by atoms with Crippen LogP contribution < -0.4 is 11.1 Å². The van der Waals surface area contributed by atoms with Crippen molar-refractivity contribution in [3.63, 3.8) is 0 Å². The molecule has 0 fully saturated rings. The Morgan fingerprint density at radius 2 is 1.92 bits per heavy atom. The number of nitrogens with zero attached hydrogens (tertiary/aromatic N) is 2. The Kier molecular flexibility index (Phi) is 8.68.